The van der Waals surface area contributed by atoms with E-state index in [-0.39, 0.29) is 5.75 Å². The molecular weight excluding hydrogens is 216 g/mol. The van der Waals surface area contributed by atoms with Crippen molar-refractivity contribution in [2.75, 3.05) is 5.73 Å². The topological polar surface area (TPSA) is 76.4 Å². The van der Waals surface area contributed by atoms with E-state index in [1.165, 1.54) is 0 Å². The van der Waals surface area contributed by atoms with E-state index in [0.29, 0.717) is 17.1 Å². The first-order chi connectivity index (χ1) is 8.27. The number of nitrogens with zero attached hydrogens (tertiary/aromatic N) is 3. The number of para-hydroxylation sites is 1. The summed E-state index contributed by atoms with van der Waals surface area (Å²) in [6, 6.07) is 10.8. The number of hydrogen-bond acceptors (Lipinski definition) is 4. The van der Waals surface area contributed by atoms with E-state index >= 15 is 0 Å². The highest BCUT2D eigenvalue weighted by Crippen LogP contribution is 2.32. The van der Waals surface area contributed by atoms with E-state index in [0.717, 1.165) is 5.65 Å². The molecule has 0 fully saturated rings. The summed E-state index contributed by atoms with van der Waals surface area (Å²) >= 11 is 0. The quantitative estimate of drug-likeness (QED) is 0.489. The average molecular weight is 226 g/mol. The lowest BCUT2D eigenvalue weighted by Crippen LogP contribution is -1.92. The van der Waals surface area contributed by atoms with Crippen LogP contribution in [0.1, 0.15) is 0 Å². The largest absolute Gasteiger partial charge is 0.505 e. The van der Waals surface area contributed by atoms with Crippen molar-refractivity contribution in [3.63, 3.8) is 0 Å². The minimum atomic E-state index is 0.0330. The van der Waals surface area contributed by atoms with Crippen LogP contribution in [0.4, 0.5) is 5.69 Å². The molecular formula is C12H10N4O. The summed E-state index contributed by atoms with van der Waals surface area (Å²) in [5.41, 5.74) is 7.29. The van der Waals surface area contributed by atoms with Gasteiger partial charge in [0.25, 0.3) is 0 Å². The Morgan fingerprint density at radius 1 is 1.06 bits per heavy atom. The molecule has 0 saturated carbocycles. The number of pyridine rings is 1. The smallest absolute Gasteiger partial charge is 0.172 e. The molecule has 2 heterocycles. The highest BCUT2D eigenvalue weighted by molar-refractivity contribution is 5.73. The standard InChI is InChI=1S/C12H10N4O/c13-9-5-3-4-8(11(9)17)12-15-14-10-6-1-2-7-16(10)12/h1-7,17H,13H2. The van der Waals surface area contributed by atoms with Crippen LogP contribution in [-0.4, -0.2) is 19.7 Å². The molecule has 0 amide bonds. The van der Waals surface area contributed by atoms with Gasteiger partial charge in [-0.3, -0.25) is 4.40 Å². The molecule has 0 spiro atoms. The molecule has 0 radical (unpaired) electrons. The summed E-state index contributed by atoms with van der Waals surface area (Å²) in [5, 5.41) is 18.0. The Morgan fingerprint density at radius 2 is 1.94 bits per heavy atom. The van der Waals surface area contributed by atoms with E-state index in [4.69, 9.17) is 5.73 Å². The maximum Gasteiger partial charge on any atom is 0.172 e. The number of nitrogens with two attached hydrogens (primary N) is 1. The molecule has 0 aliphatic heterocycles. The van der Waals surface area contributed by atoms with E-state index in [1.807, 2.05) is 24.4 Å². The maximum atomic E-state index is 9.92. The second-order valence-electron chi connectivity index (χ2n) is 3.70. The zero-order valence-electron chi connectivity index (χ0n) is 8.91. The monoisotopic (exact) mass is 226 g/mol. The Kier molecular flexibility index (Phi) is 1.98. The second-order valence-corrected chi connectivity index (χ2v) is 3.70. The van der Waals surface area contributed by atoms with Crippen LogP contribution in [0.15, 0.2) is 42.6 Å². The van der Waals surface area contributed by atoms with Crippen molar-refractivity contribution >= 4 is 11.3 Å². The summed E-state index contributed by atoms with van der Waals surface area (Å²) in [5.74, 6) is 0.607. The Balaban J connectivity index is 2.31. The molecule has 0 bridgehead atoms. The lowest BCUT2D eigenvalue weighted by atomic mass is 10.1. The van der Waals surface area contributed by atoms with E-state index in [1.54, 1.807) is 22.6 Å². The molecule has 3 N–H and O–H groups in total. The Bertz CT molecular complexity index is 690. The molecule has 0 aliphatic carbocycles. The lowest BCUT2D eigenvalue weighted by Gasteiger charge is -2.04. The van der Waals surface area contributed by atoms with Crippen LogP contribution in [0.25, 0.3) is 17.0 Å². The molecule has 0 aliphatic rings. The van der Waals surface area contributed by atoms with Crippen LogP contribution in [-0.2, 0) is 0 Å². The molecule has 3 rings (SSSR count). The minimum absolute atomic E-state index is 0.0330. The summed E-state index contributed by atoms with van der Waals surface area (Å²) in [6.45, 7) is 0. The second kappa shape index (κ2) is 3.48. The first kappa shape index (κ1) is 9.65. The molecule has 1 aromatic carbocycles. The van der Waals surface area contributed by atoms with Crippen molar-refractivity contribution in [2.45, 2.75) is 0 Å². The van der Waals surface area contributed by atoms with Gasteiger partial charge in [0.1, 0.15) is 5.75 Å². The number of hydrogen-bond donors (Lipinski definition) is 2. The van der Waals surface area contributed by atoms with Gasteiger partial charge in [-0.2, -0.15) is 0 Å². The minimum Gasteiger partial charge on any atom is -0.505 e. The van der Waals surface area contributed by atoms with Crippen molar-refractivity contribution in [2.24, 2.45) is 0 Å². The van der Waals surface area contributed by atoms with Crippen molar-refractivity contribution in [3.8, 4) is 17.1 Å². The van der Waals surface area contributed by atoms with Gasteiger partial charge < -0.3 is 10.8 Å². The number of aromatic nitrogens is 3. The van der Waals surface area contributed by atoms with Gasteiger partial charge in [-0.15, -0.1) is 10.2 Å². The van der Waals surface area contributed by atoms with Gasteiger partial charge >= 0.3 is 0 Å². The van der Waals surface area contributed by atoms with Crippen LogP contribution in [0, 0.1) is 0 Å². The van der Waals surface area contributed by atoms with Crippen LogP contribution in [0.3, 0.4) is 0 Å². The summed E-state index contributed by atoms with van der Waals surface area (Å²) in [7, 11) is 0. The van der Waals surface area contributed by atoms with Crippen molar-refractivity contribution in [1.29, 1.82) is 0 Å². The van der Waals surface area contributed by atoms with E-state index in [2.05, 4.69) is 10.2 Å². The summed E-state index contributed by atoms with van der Waals surface area (Å²) < 4.78 is 1.80. The predicted octanol–water partition coefficient (Wildman–Crippen LogP) is 1.68. The van der Waals surface area contributed by atoms with Crippen molar-refractivity contribution < 1.29 is 5.11 Å². The number of anilines is 1. The molecule has 5 nitrogen and oxygen atoms in total. The molecule has 84 valence electrons. The molecule has 0 saturated heterocycles. The third kappa shape index (κ3) is 1.40. The molecule has 3 aromatic rings. The molecule has 0 atom stereocenters. The zero-order chi connectivity index (χ0) is 11.8. The number of phenols is 1. The number of phenolic OH excluding ortho intramolecular Hbond substituents is 1. The number of nitrogen functional groups attached to an aromatic ring is 1. The van der Waals surface area contributed by atoms with Crippen LogP contribution in [0.2, 0.25) is 0 Å². The third-order valence-corrected chi connectivity index (χ3v) is 2.62. The third-order valence-electron chi connectivity index (χ3n) is 2.62. The normalized spacial score (nSPS) is 10.8. The molecule has 17 heavy (non-hydrogen) atoms. The average Bonchev–Trinajstić information content (AvgIpc) is 2.77. The molecule has 0 unspecified atom stereocenters. The van der Waals surface area contributed by atoms with Gasteiger partial charge in [0.2, 0.25) is 0 Å². The van der Waals surface area contributed by atoms with Crippen molar-refractivity contribution in [1.82, 2.24) is 14.6 Å². The predicted molar refractivity (Wildman–Crippen MR) is 64.5 cm³/mol. The fourth-order valence-corrected chi connectivity index (χ4v) is 1.77. The van der Waals surface area contributed by atoms with Crippen LogP contribution < -0.4 is 5.73 Å². The Morgan fingerprint density at radius 3 is 2.82 bits per heavy atom. The number of aromatic hydroxyl groups is 1. The molecule has 2 aromatic heterocycles. The Labute approximate surface area is 97.1 Å². The highest BCUT2D eigenvalue weighted by atomic mass is 16.3. The van der Waals surface area contributed by atoms with Gasteiger partial charge in [0, 0.05) is 6.20 Å². The van der Waals surface area contributed by atoms with Gasteiger partial charge in [0.15, 0.2) is 11.5 Å². The van der Waals surface area contributed by atoms with E-state index in [9.17, 15) is 5.11 Å². The van der Waals surface area contributed by atoms with Crippen LogP contribution >= 0.6 is 0 Å². The van der Waals surface area contributed by atoms with Gasteiger partial charge in [-0.1, -0.05) is 12.1 Å². The fraction of sp³-hybridized carbons (Fsp3) is 0. The Hall–Kier alpha value is -2.56. The SMILES string of the molecule is Nc1cccc(-c2nnc3ccccn23)c1O. The maximum absolute atomic E-state index is 9.92. The zero-order valence-corrected chi connectivity index (χ0v) is 8.91. The summed E-state index contributed by atoms with van der Waals surface area (Å²) in [4.78, 5) is 0. The van der Waals surface area contributed by atoms with Gasteiger partial charge in [0.05, 0.1) is 11.3 Å². The summed E-state index contributed by atoms with van der Waals surface area (Å²) in [6.07, 6.45) is 1.84. The lowest BCUT2D eigenvalue weighted by molar-refractivity contribution is 0.479. The van der Waals surface area contributed by atoms with Crippen LogP contribution in [0.5, 0.6) is 5.75 Å². The van der Waals surface area contributed by atoms with Gasteiger partial charge in [-0.25, -0.2) is 0 Å². The number of benzene rings is 1. The number of rotatable bonds is 1. The number of fused-ring (bicyclic) bond motifs is 1. The van der Waals surface area contributed by atoms with Gasteiger partial charge in [-0.05, 0) is 24.3 Å². The van der Waals surface area contributed by atoms with E-state index < -0.39 is 0 Å². The highest BCUT2D eigenvalue weighted by Gasteiger charge is 2.12. The molecule has 5 heteroatoms. The first-order valence-electron chi connectivity index (χ1n) is 5.15. The van der Waals surface area contributed by atoms with Crippen molar-refractivity contribution in [3.05, 3.63) is 42.6 Å². The first-order valence-corrected chi connectivity index (χ1v) is 5.15. The fourth-order valence-electron chi connectivity index (χ4n) is 1.77.